The lowest BCUT2D eigenvalue weighted by atomic mass is 9.95. The molecule has 43 heavy (non-hydrogen) atoms. The molecule has 5 heterocycles. The summed E-state index contributed by atoms with van der Waals surface area (Å²) in [5, 5.41) is 10.3. The molecule has 2 aliphatic rings. The van der Waals surface area contributed by atoms with Gasteiger partial charge in [0.05, 0.1) is 47.2 Å². The number of aromatic nitrogens is 4. The van der Waals surface area contributed by atoms with Crippen molar-refractivity contribution >= 4 is 33.0 Å². The summed E-state index contributed by atoms with van der Waals surface area (Å²) in [5.74, 6) is -0.460. The molecule has 15 heteroatoms. The summed E-state index contributed by atoms with van der Waals surface area (Å²) in [6.07, 6.45) is -1.35. The van der Waals surface area contributed by atoms with Gasteiger partial charge in [-0.3, -0.25) is 9.69 Å². The van der Waals surface area contributed by atoms with Crippen LogP contribution in [0.25, 0.3) is 20.8 Å². The zero-order valence-electron chi connectivity index (χ0n) is 23.5. The molecule has 10 nitrogen and oxygen atoms in total. The van der Waals surface area contributed by atoms with Gasteiger partial charge < -0.3 is 24.5 Å². The van der Waals surface area contributed by atoms with Gasteiger partial charge in [0.25, 0.3) is 5.91 Å². The van der Waals surface area contributed by atoms with Crippen molar-refractivity contribution in [2.75, 3.05) is 26.1 Å². The minimum Gasteiger partial charge on any atom is -0.383 e. The van der Waals surface area contributed by atoms with Crippen molar-refractivity contribution in [3.8, 4) is 10.7 Å². The molecular weight excluding hydrogens is 590 g/mol. The van der Waals surface area contributed by atoms with Gasteiger partial charge in [-0.05, 0) is 43.3 Å². The second kappa shape index (κ2) is 11.8. The summed E-state index contributed by atoms with van der Waals surface area (Å²) in [6.45, 7) is 0.854. The number of nitrogens with zero attached hydrogens (tertiary/aromatic N) is 5. The molecule has 1 amide bonds. The highest BCUT2D eigenvalue weighted by Crippen LogP contribution is 2.44. The van der Waals surface area contributed by atoms with Crippen molar-refractivity contribution in [2.24, 2.45) is 0 Å². The van der Waals surface area contributed by atoms with Crippen LogP contribution in [0.5, 0.6) is 0 Å². The third-order valence-electron chi connectivity index (χ3n) is 8.20. The number of anilines is 1. The summed E-state index contributed by atoms with van der Waals surface area (Å²) in [4.78, 5) is 23.2. The molecule has 1 aromatic carbocycles. The largest absolute Gasteiger partial charge is 0.393 e. The lowest BCUT2D eigenvalue weighted by molar-refractivity contribution is -0.126. The van der Waals surface area contributed by atoms with E-state index in [0.29, 0.717) is 35.3 Å². The monoisotopic (exact) mass is 621 g/mol. The summed E-state index contributed by atoms with van der Waals surface area (Å²) in [7, 11) is 3.52. The van der Waals surface area contributed by atoms with Crippen LogP contribution in [0.2, 0.25) is 0 Å². The number of piperidine rings is 1. The minimum atomic E-state index is -4.49. The zero-order valence-corrected chi connectivity index (χ0v) is 24.3. The van der Waals surface area contributed by atoms with E-state index in [0.717, 1.165) is 24.2 Å². The topological polar surface area (TPSA) is 110 Å². The Morgan fingerprint density at radius 1 is 1.28 bits per heavy atom. The molecule has 4 atom stereocenters. The fourth-order valence-electron chi connectivity index (χ4n) is 6.04. The van der Waals surface area contributed by atoms with Crippen molar-refractivity contribution in [1.82, 2.24) is 29.9 Å². The van der Waals surface area contributed by atoms with Crippen LogP contribution < -0.4 is 10.6 Å². The van der Waals surface area contributed by atoms with Gasteiger partial charge >= 0.3 is 6.18 Å². The number of hydrogen-bond donors (Lipinski definition) is 2. The number of carbonyl (C=O) groups is 1. The van der Waals surface area contributed by atoms with Crippen LogP contribution in [0.1, 0.15) is 41.2 Å². The lowest BCUT2D eigenvalue weighted by Crippen LogP contribution is -2.53. The zero-order chi connectivity index (χ0) is 30.3. The van der Waals surface area contributed by atoms with Gasteiger partial charge in [0, 0.05) is 31.9 Å². The number of halogens is 4. The van der Waals surface area contributed by atoms with E-state index in [1.165, 1.54) is 6.33 Å². The van der Waals surface area contributed by atoms with Gasteiger partial charge in [0.1, 0.15) is 11.9 Å². The van der Waals surface area contributed by atoms with Gasteiger partial charge in [-0.1, -0.05) is 17.3 Å². The van der Waals surface area contributed by atoms with Crippen molar-refractivity contribution in [3.05, 3.63) is 47.9 Å². The van der Waals surface area contributed by atoms with Gasteiger partial charge in [-0.25, -0.2) is 9.37 Å². The molecule has 4 aromatic rings. The fraction of sp³-hybridized carbons (Fsp3) is 0.500. The molecule has 6 rings (SSSR count). The average Bonchev–Trinajstić information content (AvgIpc) is 3.75. The summed E-state index contributed by atoms with van der Waals surface area (Å²) < 4.78 is 69.3. The molecule has 0 saturated carbocycles. The van der Waals surface area contributed by atoms with Crippen LogP contribution in [-0.2, 0) is 24.2 Å². The van der Waals surface area contributed by atoms with E-state index >= 15 is 4.39 Å². The molecule has 2 bridgehead atoms. The van der Waals surface area contributed by atoms with Gasteiger partial charge in [-0.2, -0.15) is 18.2 Å². The molecule has 0 spiro atoms. The molecule has 2 N–H and O–H groups in total. The molecule has 0 unspecified atom stereocenters. The first kappa shape index (κ1) is 29.5. The third-order valence-corrected chi connectivity index (χ3v) is 9.48. The third kappa shape index (κ3) is 6.10. The molecule has 3 aromatic heterocycles. The standard InChI is InChI=1S/C28H31F4N7O3S/c1-38-15-6-7-21(38)23(29)19(10-15)35-18-5-3-4-16-17(11-28(30,31)32)25(43-24(16)18)26-36-22(42-37-26)12-33-27(40)20-13-39(14-34-20)8-9-41-2/h3-5,13-15,19,21,23,35H,6-12H2,1-2H3,(H,33,40)/t15-,19-,21+,23-/m1/s1. The molecule has 0 aliphatic carbocycles. The van der Waals surface area contributed by atoms with Crippen molar-refractivity contribution in [1.29, 1.82) is 0 Å². The van der Waals surface area contributed by atoms with Crippen LogP contribution in [0.4, 0.5) is 23.2 Å². The summed E-state index contributed by atoms with van der Waals surface area (Å²) in [5.41, 5.74) is 0.782. The first-order valence-corrected chi connectivity index (χ1v) is 14.8. The predicted octanol–water partition coefficient (Wildman–Crippen LogP) is 4.81. The summed E-state index contributed by atoms with van der Waals surface area (Å²) >= 11 is 1.10. The number of alkyl halides is 4. The minimum absolute atomic E-state index is 0.0137. The number of nitrogens with one attached hydrogen (secondary N) is 2. The maximum absolute atomic E-state index is 15.4. The molecular formula is C28H31F4N7O3S. The molecule has 0 radical (unpaired) electrons. The first-order valence-electron chi connectivity index (χ1n) is 14.0. The van der Waals surface area contributed by atoms with Crippen LogP contribution in [0, 0.1) is 0 Å². The average molecular weight is 622 g/mol. The number of benzene rings is 1. The number of hydrogen-bond acceptors (Lipinski definition) is 9. The van der Waals surface area contributed by atoms with Crippen LogP contribution in [0.3, 0.4) is 0 Å². The first-order chi connectivity index (χ1) is 20.6. The molecule has 2 saturated heterocycles. The van der Waals surface area contributed by atoms with Crippen molar-refractivity contribution < 1.29 is 31.6 Å². The number of imidazole rings is 1. The second-order valence-electron chi connectivity index (χ2n) is 11.0. The Kier molecular flexibility index (Phi) is 8.13. The highest BCUT2D eigenvalue weighted by molar-refractivity contribution is 7.23. The Balaban J connectivity index is 1.24. The van der Waals surface area contributed by atoms with Crippen LogP contribution in [0.15, 0.2) is 35.2 Å². The van der Waals surface area contributed by atoms with E-state index in [-0.39, 0.29) is 46.5 Å². The second-order valence-corrected chi connectivity index (χ2v) is 12.0. The number of ether oxygens (including phenoxy) is 1. The Hall–Kier alpha value is -3.56. The molecule has 2 aliphatic heterocycles. The molecule has 2 fully saturated rings. The van der Waals surface area contributed by atoms with E-state index in [2.05, 4.69) is 30.7 Å². The quantitative estimate of drug-likeness (QED) is 0.243. The maximum atomic E-state index is 15.4. The van der Waals surface area contributed by atoms with Crippen LogP contribution in [-0.4, -0.2) is 81.7 Å². The number of methoxy groups -OCH3 is 1. The molecule has 230 valence electrons. The van der Waals surface area contributed by atoms with Gasteiger partial charge in [0.15, 0.2) is 0 Å². The summed E-state index contributed by atoms with van der Waals surface area (Å²) in [6, 6.07) is 4.73. The van der Waals surface area contributed by atoms with Crippen molar-refractivity contribution in [3.63, 3.8) is 0 Å². The normalized spacial score (nSPS) is 22.4. The van der Waals surface area contributed by atoms with E-state index in [4.69, 9.17) is 9.26 Å². The number of carbonyl (C=O) groups excluding carboxylic acids is 1. The number of rotatable bonds is 10. The fourth-order valence-corrected chi connectivity index (χ4v) is 7.26. The Labute approximate surface area is 248 Å². The Morgan fingerprint density at radius 3 is 2.91 bits per heavy atom. The van der Waals surface area contributed by atoms with E-state index in [9.17, 15) is 18.0 Å². The highest BCUT2D eigenvalue weighted by atomic mass is 32.1. The number of amides is 1. The Morgan fingerprint density at radius 2 is 2.12 bits per heavy atom. The van der Waals surface area contributed by atoms with Gasteiger partial charge in [0.2, 0.25) is 11.7 Å². The van der Waals surface area contributed by atoms with Gasteiger partial charge in [-0.15, -0.1) is 11.3 Å². The SMILES string of the molecule is COCCn1cnc(C(=O)NCc2nc(-c3sc4c(N[C@@H]5C[C@H]6CC[C@@H]([C@@H]5F)N6C)cccc4c3CC(F)(F)F)no2)c1. The van der Waals surface area contributed by atoms with Crippen LogP contribution >= 0.6 is 11.3 Å². The maximum Gasteiger partial charge on any atom is 0.393 e. The Bertz CT molecular complexity index is 1600. The highest BCUT2D eigenvalue weighted by Gasteiger charge is 2.46. The van der Waals surface area contributed by atoms with E-state index in [1.54, 1.807) is 36.1 Å². The predicted molar refractivity (Wildman–Crippen MR) is 152 cm³/mol. The lowest BCUT2D eigenvalue weighted by Gasteiger charge is -2.39. The van der Waals surface area contributed by atoms with Crippen molar-refractivity contribution in [2.45, 2.75) is 69.2 Å². The number of fused-ring (bicyclic) bond motifs is 3. The number of thiophene rings is 1. The van der Waals surface area contributed by atoms with E-state index in [1.807, 2.05) is 7.05 Å². The smallest absolute Gasteiger partial charge is 0.383 e. The van der Waals surface area contributed by atoms with E-state index < -0.39 is 30.7 Å².